The van der Waals surface area contributed by atoms with E-state index >= 15 is 0 Å². The first kappa shape index (κ1) is 24.3. The van der Waals surface area contributed by atoms with Crippen LogP contribution in [0.5, 0.6) is 5.75 Å². The monoisotopic (exact) mass is 411 g/mol. The molecule has 8 heteroatoms. The Morgan fingerprint density at radius 1 is 1.16 bits per heavy atom. The maximum Gasteiger partial charge on any atom is 0.227 e. The van der Waals surface area contributed by atoms with E-state index in [4.69, 9.17) is 22.1 Å². The van der Waals surface area contributed by atoms with Crippen LogP contribution in [-0.4, -0.2) is 61.1 Å². The third-order valence-corrected chi connectivity index (χ3v) is 4.60. The molecule has 0 spiro atoms. The lowest BCUT2D eigenvalue weighted by atomic mass is 10.0. The largest absolute Gasteiger partial charge is 0.492 e. The maximum atomic E-state index is 12.3. The fraction of sp³-hybridized carbons (Fsp3) is 0.588. The molecule has 1 amide bonds. The van der Waals surface area contributed by atoms with Crippen LogP contribution in [0.4, 0.5) is 0 Å². The highest BCUT2D eigenvalue weighted by Gasteiger charge is 2.26. The Balaban J connectivity index is 0.00000288. The van der Waals surface area contributed by atoms with Crippen LogP contribution in [0, 0.1) is 5.92 Å². The maximum absolute atomic E-state index is 12.3. The molecule has 25 heavy (non-hydrogen) atoms. The Morgan fingerprint density at radius 3 is 2.24 bits per heavy atom. The number of benzene rings is 1. The van der Waals surface area contributed by atoms with Crippen molar-refractivity contribution in [3.05, 3.63) is 29.3 Å². The molecule has 2 N–H and O–H groups in total. The summed E-state index contributed by atoms with van der Waals surface area (Å²) in [5.74, 6) is 0.876. The molecule has 0 bridgehead atoms. The van der Waals surface area contributed by atoms with Crippen LogP contribution in [0.2, 0.25) is 5.02 Å². The quantitative estimate of drug-likeness (QED) is 0.780. The number of hydrogen-bond donors (Lipinski definition) is 1. The van der Waals surface area contributed by atoms with Crippen LogP contribution in [0.1, 0.15) is 13.8 Å². The predicted molar refractivity (Wildman–Crippen MR) is 107 cm³/mol. The second-order valence-corrected chi connectivity index (χ2v) is 6.55. The van der Waals surface area contributed by atoms with Gasteiger partial charge in [-0.3, -0.25) is 9.69 Å². The molecule has 2 rings (SSSR count). The number of halogens is 3. The van der Waals surface area contributed by atoms with Gasteiger partial charge in [-0.15, -0.1) is 24.8 Å². The minimum absolute atomic E-state index is 0. The standard InChI is InChI=1S/C17H26ClN3O2.2ClH/c1-13(14(2)19)17(22)21-9-7-20(8-10-21)11-12-23-16-5-3-15(18)4-6-16;;/h3-6,13-14H,7-12,19H2,1-2H3;2*1H. The van der Waals surface area contributed by atoms with Gasteiger partial charge in [0.15, 0.2) is 0 Å². The smallest absolute Gasteiger partial charge is 0.227 e. The van der Waals surface area contributed by atoms with Crippen LogP contribution >= 0.6 is 36.4 Å². The molecule has 1 fully saturated rings. The summed E-state index contributed by atoms with van der Waals surface area (Å²) in [6, 6.07) is 7.28. The van der Waals surface area contributed by atoms with Crippen molar-refractivity contribution in [2.24, 2.45) is 11.7 Å². The summed E-state index contributed by atoms with van der Waals surface area (Å²) in [5, 5.41) is 0.708. The van der Waals surface area contributed by atoms with Crippen molar-refractivity contribution < 1.29 is 9.53 Å². The van der Waals surface area contributed by atoms with Crippen LogP contribution in [-0.2, 0) is 4.79 Å². The topological polar surface area (TPSA) is 58.8 Å². The first-order valence-electron chi connectivity index (χ1n) is 8.12. The lowest BCUT2D eigenvalue weighted by Crippen LogP contribution is -2.52. The van der Waals surface area contributed by atoms with E-state index < -0.39 is 0 Å². The van der Waals surface area contributed by atoms with E-state index in [1.54, 1.807) is 0 Å². The summed E-state index contributed by atoms with van der Waals surface area (Å²) in [6.45, 7) is 8.54. The molecule has 0 saturated carbocycles. The molecule has 1 aromatic rings. The van der Waals surface area contributed by atoms with Crippen molar-refractivity contribution in [3.8, 4) is 5.75 Å². The van der Waals surface area contributed by atoms with Gasteiger partial charge in [0.05, 0.1) is 5.92 Å². The van der Waals surface area contributed by atoms with Gasteiger partial charge in [-0.1, -0.05) is 18.5 Å². The lowest BCUT2D eigenvalue weighted by molar-refractivity contribution is -0.137. The summed E-state index contributed by atoms with van der Waals surface area (Å²) in [4.78, 5) is 16.5. The third-order valence-electron chi connectivity index (χ3n) is 4.35. The van der Waals surface area contributed by atoms with Crippen LogP contribution in [0.3, 0.4) is 0 Å². The highest BCUT2D eigenvalue weighted by Crippen LogP contribution is 2.15. The van der Waals surface area contributed by atoms with E-state index in [1.165, 1.54) is 0 Å². The number of rotatable bonds is 6. The number of nitrogens with two attached hydrogens (primary N) is 1. The number of ether oxygens (including phenoxy) is 1. The van der Waals surface area contributed by atoms with Gasteiger partial charge in [0.2, 0.25) is 5.91 Å². The van der Waals surface area contributed by atoms with E-state index in [0.717, 1.165) is 38.5 Å². The van der Waals surface area contributed by atoms with E-state index in [9.17, 15) is 4.79 Å². The summed E-state index contributed by atoms with van der Waals surface area (Å²) < 4.78 is 5.71. The number of carbonyl (C=O) groups excluding carboxylic acids is 1. The molecule has 0 aliphatic carbocycles. The summed E-state index contributed by atoms with van der Waals surface area (Å²) >= 11 is 5.84. The van der Waals surface area contributed by atoms with Gasteiger partial charge in [-0.05, 0) is 31.2 Å². The molecule has 1 saturated heterocycles. The van der Waals surface area contributed by atoms with Crippen LogP contribution < -0.4 is 10.5 Å². The second kappa shape index (κ2) is 11.8. The molecule has 0 aromatic heterocycles. The zero-order valence-corrected chi connectivity index (χ0v) is 17.1. The Bertz CT molecular complexity index is 506. The molecular formula is C17H28Cl3N3O2. The SMILES string of the molecule is CC(N)C(C)C(=O)N1CCN(CCOc2ccc(Cl)cc2)CC1.Cl.Cl. The molecule has 144 valence electrons. The van der Waals surface area contributed by atoms with Crippen molar-refractivity contribution in [1.29, 1.82) is 0 Å². The lowest BCUT2D eigenvalue weighted by Gasteiger charge is -2.36. The Hall–Kier alpha value is -0.720. The van der Waals surface area contributed by atoms with Crippen LogP contribution in [0.15, 0.2) is 24.3 Å². The Morgan fingerprint density at radius 2 is 1.72 bits per heavy atom. The number of piperazine rings is 1. The third kappa shape index (κ3) is 7.59. The van der Waals surface area contributed by atoms with Gasteiger partial charge in [0.25, 0.3) is 0 Å². The molecule has 1 aromatic carbocycles. The van der Waals surface area contributed by atoms with Crippen LogP contribution in [0.25, 0.3) is 0 Å². The number of nitrogens with zero attached hydrogens (tertiary/aromatic N) is 2. The van der Waals surface area contributed by atoms with Crippen molar-refractivity contribution in [3.63, 3.8) is 0 Å². The molecular weight excluding hydrogens is 385 g/mol. The highest BCUT2D eigenvalue weighted by molar-refractivity contribution is 6.30. The average molecular weight is 413 g/mol. The van der Waals surface area contributed by atoms with Crippen molar-refractivity contribution in [1.82, 2.24) is 9.80 Å². The van der Waals surface area contributed by atoms with E-state index in [2.05, 4.69) is 4.90 Å². The molecule has 5 nitrogen and oxygen atoms in total. The first-order valence-corrected chi connectivity index (χ1v) is 8.50. The molecule has 1 aliphatic heterocycles. The number of amides is 1. The van der Waals surface area contributed by atoms with Gasteiger partial charge < -0.3 is 15.4 Å². The first-order chi connectivity index (χ1) is 11.0. The van der Waals surface area contributed by atoms with E-state index in [0.29, 0.717) is 11.6 Å². The zero-order valence-electron chi connectivity index (χ0n) is 14.7. The summed E-state index contributed by atoms with van der Waals surface area (Å²) in [6.07, 6.45) is 0. The summed E-state index contributed by atoms with van der Waals surface area (Å²) in [5.41, 5.74) is 5.82. The van der Waals surface area contributed by atoms with Gasteiger partial charge in [-0.25, -0.2) is 0 Å². The summed E-state index contributed by atoms with van der Waals surface area (Å²) in [7, 11) is 0. The van der Waals surface area contributed by atoms with Gasteiger partial charge in [-0.2, -0.15) is 0 Å². The van der Waals surface area contributed by atoms with Crippen molar-refractivity contribution in [2.45, 2.75) is 19.9 Å². The number of hydrogen-bond acceptors (Lipinski definition) is 4. The fourth-order valence-electron chi connectivity index (χ4n) is 2.53. The minimum atomic E-state index is -0.116. The molecule has 1 heterocycles. The second-order valence-electron chi connectivity index (χ2n) is 6.12. The molecule has 2 atom stereocenters. The van der Waals surface area contributed by atoms with Crippen molar-refractivity contribution in [2.75, 3.05) is 39.3 Å². The molecule has 1 aliphatic rings. The van der Waals surface area contributed by atoms with Crippen molar-refractivity contribution >= 4 is 42.3 Å². The molecule has 2 unspecified atom stereocenters. The zero-order chi connectivity index (χ0) is 16.8. The molecule has 0 radical (unpaired) electrons. The highest BCUT2D eigenvalue weighted by atomic mass is 35.5. The Kier molecular flexibility index (Phi) is 11.5. The van der Waals surface area contributed by atoms with Gasteiger partial charge >= 0.3 is 0 Å². The van der Waals surface area contributed by atoms with E-state index in [1.807, 2.05) is 43.0 Å². The predicted octanol–water partition coefficient (Wildman–Crippen LogP) is 2.69. The van der Waals surface area contributed by atoms with Gasteiger partial charge in [0.1, 0.15) is 12.4 Å². The normalized spacial score (nSPS) is 17.0. The fourth-order valence-corrected chi connectivity index (χ4v) is 2.65. The van der Waals surface area contributed by atoms with Gasteiger partial charge in [0, 0.05) is 43.8 Å². The minimum Gasteiger partial charge on any atom is -0.492 e. The number of carbonyl (C=O) groups is 1. The average Bonchev–Trinajstić information content (AvgIpc) is 2.56. The van der Waals surface area contributed by atoms with E-state index in [-0.39, 0.29) is 42.7 Å². The Labute approximate surface area is 167 Å².